The van der Waals surface area contributed by atoms with Crippen molar-refractivity contribution in [3.8, 4) is 0 Å². The van der Waals surface area contributed by atoms with E-state index in [2.05, 4.69) is 16.0 Å². The Balaban J connectivity index is 1.76. The van der Waals surface area contributed by atoms with Crippen molar-refractivity contribution in [3.05, 3.63) is 71.3 Å². The van der Waals surface area contributed by atoms with Crippen LogP contribution < -0.4 is 16.0 Å². The monoisotopic (exact) mass is 367 g/mol. The summed E-state index contributed by atoms with van der Waals surface area (Å²) >= 11 is 0. The van der Waals surface area contributed by atoms with Gasteiger partial charge >= 0.3 is 12.0 Å². The Bertz CT molecular complexity index is 913. The van der Waals surface area contributed by atoms with E-state index < -0.39 is 29.4 Å². The molecule has 4 amide bonds. The molecule has 1 atom stereocenters. The van der Waals surface area contributed by atoms with Crippen LogP contribution in [0.5, 0.6) is 0 Å². The fourth-order valence-corrected chi connectivity index (χ4v) is 3.06. The van der Waals surface area contributed by atoms with Gasteiger partial charge in [0.1, 0.15) is 5.54 Å². The average molecular weight is 367 g/mol. The first-order valence-electron chi connectivity index (χ1n) is 8.24. The zero-order valence-corrected chi connectivity index (χ0v) is 14.2. The van der Waals surface area contributed by atoms with Gasteiger partial charge in [-0.3, -0.25) is 14.9 Å². The summed E-state index contributed by atoms with van der Waals surface area (Å²) in [7, 11) is 0. The summed E-state index contributed by atoms with van der Waals surface area (Å²) in [4.78, 5) is 47.7. The number of benzene rings is 2. The number of amides is 4. The highest BCUT2D eigenvalue weighted by atomic mass is 16.4. The third-order valence-corrected chi connectivity index (χ3v) is 4.40. The van der Waals surface area contributed by atoms with Crippen LogP contribution >= 0.6 is 0 Å². The molecule has 0 aliphatic carbocycles. The van der Waals surface area contributed by atoms with Gasteiger partial charge in [-0.2, -0.15) is 0 Å². The third kappa shape index (κ3) is 3.50. The summed E-state index contributed by atoms with van der Waals surface area (Å²) in [5.74, 6) is -2.27. The Kier molecular flexibility index (Phi) is 4.89. The number of rotatable bonds is 6. The first kappa shape index (κ1) is 18.1. The highest BCUT2D eigenvalue weighted by Crippen LogP contribution is 2.28. The molecule has 2 aromatic rings. The van der Waals surface area contributed by atoms with E-state index in [1.165, 1.54) is 18.2 Å². The van der Waals surface area contributed by atoms with E-state index in [0.717, 1.165) is 0 Å². The molecule has 8 nitrogen and oxygen atoms in total. The third-order valence-electron chi connectivity index (χ3n) is 4.40. The molecule has 0 aromatic heterocycles. The Labute approximate surface area is 154 Å². The molecule has 1 saturated heterocycles. The standard InChI is InChI=1S/C19H17N3O5/c23-15(13-8-4-5-9-14(13)16(24)25)20-11-10-19(12-6-2-1-3-7-12)17(26)21-18(27)22-19/h1-9H,10-11H2,(H,20,23)(H,24,25)(H2,21,22,26,27). The van der Waals surface area contributed by atoms with Crippen molar-refractivity contribution >= 4 is 23.8 Å². The lowest BCUT2D eigenvalue weighted by Crippen LogP contribution is -2.46. The molecule has 0 saturated carbocycles. The Hall–Kier alpha value is -3.68. The van der Waals surface area contributed by atoms with Crippen LogP contribution in [0, 0.1) is 0 Å². The molecular formula is C19H17N3O5. The number of nitrogens with one attached hydrogen (secondary N) is 3. The number of carboxylic acids is 1. The Morgan fingerprint density at radius 2 is 1.59 bits per heavy atom. The van der Waals surface area contributed by atoms with Crippen molar-refractivity contribution in [2.75, 3.05) is 6.54 Å². The van der Waals surface area contributed by atoms with Gasteiger partial charge in [-0.15, -0.1) is 0 Å². The predicted molar refractivity (Wildman–Crippen MR) is 95.1 cm³/mol. The molecule has 27 heavy (non-hydrogen) atoms. The smallest absolute Gasteiger partial charge is 0.336 e. The highest BCUT2D eigenvalue weighted by Gasteiger charge is 2.47. The van der Waals surface area contributed by atoms with Gasteiger partial charge in [0.2, 0.25) is 0 Å². The number of carboxylic acid groups (broad SMARTS) is 1. The molecule has 1 heterocycles. The van der Waals surface area contributed by atoms with E-state index >= 15 is 0 Å². The van der Waals surface area contributed by atoms with Crippen LogP contribution in [0.25, 0.3) is 0 Å². The maximum atomic E-state index is 12.4. The van der Waals surface area contributed by atoms with Crippen LogP contribution in [0.15, 0.2) is 54.6 Å². The molecule has 138 valence electrons. The second-order valence-corrected chi connectivity index (χ2v) is 6.04. The van der Waals surface area contributed by atoms with Crippen LogP contribution in [0.4, 0.5) is 4.79 Å². The molecule has 1 fully saturated rings. The number of carbonyl (C=O) groups excluding carboxylic acids is 3. The topological polar surface area (TPSA) is 125 Å². The van der Waals surface area contributed by atoms with Crippen LogP contribution in [0.3, 0.4) is 0 Å². The van der Waals surface area contributed by atoms with Gasteiger partial charge in [0.05, 0.1) is 11.1 Å². The van der Waals surface area contributed by atoms with Gasteiger partial charge in [-0.05, 0) is 17.7 Å². The molecule has 1 aliphatic heterocycles. The van der Waals surface area contributed by atoms with E-state index in [1.807, 2.05) is 0 Å². The fraction of sp³-hybridized carbons (Fsp3) is 0.158. The normalized spacial score (nSPS) is 18.5. The van der Waals surface area contributed by atoms with E-state index in [9.17, 15) is 24.3 Å². The van der Waals surface area contributed by atoms with E-state index in [0.29, 0.717) is 5.56 Å². The zero-order valence-electron chi connectivity index (χ0n) is 14.2. The van der Waals surface area contributed by atoms with Gasteiger partial charge in [-0.25, -0.2) is 9.59 Å². The van der Waals surface area contributed by atoms with Crippen molar-refractivity contribution < 1.29 is 24.3 Å². The van der Waals surface area contributed by atoms with Crippen molar-refractivity contribution in [1.82, 2.24) is 16.0 Å². The number of carbonyl (C=O) groups is 4. The van der Waals surface area contributed by atoms with Gasteiger partial charge in [0.25, 0.3) is 11.8 Å². The van der Waals surface area contributed by atoms with Gasteiger partial charge in [0.15, 0.2) is 0 Å². The van der Waals surface area contributed by atoms with E-state index in [4.69, 9.17) is 0 Å². The molecule has 0 bridgehead atoms. The molecule has 0 radical (unpaired) electrons. The average Bonchev–Trinajstić information content (AvgIpc) is 2.96. The molecular weight excluding hydrogens is 350 g/mol. The van der Waals surface area contributed by atoms with Crippen LogP contribution in [0.2, 0.25) is 0 Å². The number of urea groups is 1. The summed E-state index contributed by atoms with van der Waals surface area (Å²) in [5.41, 5.74) is -0.787. The van der Waals surface area contributed by atoms with Crippen molar-refractivity contribution in [1.29, 1.82) is 0 Å². The molecule has 2 aromatic carbocycles. The summed E-state index contributed by atoms with van der Waals surface area (Å²) in [6.07, 6.45) is 0.107. The summed E-state index contributed by atoms with van der Waals surface area (Å²) in [5, 5.41) is 16.7. The molecule has 1 aliphatic rings. The van der Waals surface area contributed by atoms with Gasteiger partial charge in [0, 0.05) is 13.0 Å². The van der Waals surface area contributed by atoms with Crippen molar-refractivity contribution in [2.45, 2.75) is 12.0 Å². The maximum absolute atomic E-state index is 12.4. The number of imide groups is 1. The number of hydrogen-bond donors (Lipinski definition) is 4. The molecule has 4 N–H and O–H groups in total. The lowest BCUT2D eigenvalue weighted by atomic mass is 9.86. The fourth-order valence-electron chi connectivity index (χ4n) is 3.06. The largest absolute Gasteiger partial charge is 0.478 e. The predicted octanol–water partition coefficient (Wildman–Crippen LogP) is 1.24. The quantitative estimate of drug-likeness (QED) is 0.572. The lowest BCUT2D eigenvalue weighted by molar-refractivity contribution is -0.124. The van der Waals surface area contributed by atoms with Crippen LogP contribution in [-0.2, 0) is 10.3 Å². The summed E-state index contributed by atoms with van der Waals surface area (Å²) in [6, 6.07) is 14.0. The number of hydrogen-bond acceptors (Lipinski definition) is 4. The summed E-state index contributed by atoms with van der Waals surface area (Å²) in [6.45, 7) is 0.0510. The van der Waals surface area contributed by atoms with E-state index in [-0.39, 0.29) is 24.1 Å². The first-order valence-corrected chi connectivity index (χ1v) is 8.24. The van der Waals surface area contributed by atoms with Crippen molar-refractivity contribution in [3.63, 3.8) is 0 Å². The minimum Gasteiger partial charge on any atom is -0.478 e. The highest BCUT2D eigenvalue weighted by molar-refractivity contribution is 6.07. The number of aromatic carboxylic acids is 1. The second-order valence-electron chi connectivity index (χ2n) is 6.04. The summed E-state index contributed by atoms with van der Waals surface area (Å²) < 4.78 is 0. The van der Waals surface area contributed by atoms with Crippen LogP contribution in [0.1, 0.15) is 32.7 Å². The first-order chi connectivity index (χ1) is 12.9. The Morgan fingerprint density at radius 3 is 2.19 bits per heavy atom. The molecule has 3 rings (SSSR count). The van der Waals surface area contributed by atoms with Gasteiger partial charge < -0.3 is 15.7 Å². The Morgan fingerprint density at radius 1 is 0.963 bits per heavy atom. The molecule has 8 heteroatoms. The lowest BCUT2D eigenvalue weighted by Gasteiger charge is -2.26. The zero-order chi connectivity index (χ0) is 19.4. The maximum Gasteiger partial charge on any atom is 0.336 e. The molecule has 0 spiro atoms. The minimum atomic E-state index is -1.29. The minimum absolute atomic E-state index is 0.0265. The second kappa shape index (κ2) is 7.28. The van der Waals surface area contributed by atoms with Crippen molar-refractivity contribution in [2.24, 2.45) is 0 Å². The van der Waals surface area contributed by atoms with Crippen LogP contribution in [-0.4, -0.2) is 35.5 Å². The molecule has 1 unspecified atom stereocenters. The van der Waals surface area contributed by atoms with Gasteiger partial charge in [-0.1, -0.05) is 42.5 Å². The SMILES string of the molecule is O=C1NC(=O)C(CCNC(=O)c2ccccc2C(=O)O)(c2ccccc2)N1. The van der Waals surface area contributed by atoms with E-state index in [1.54, 1.807) is 36.4 Å².